The largest absolute Gasteiger partial charge is 0.357 e. The third-order valence-corrected chi connectivity index (χ3v) is 4.34. The molecule has 24 heavy (non-hydrogen) atoms. The van der Waals surface area contributed by atoms with Crippen molar-refractivity contribution in [2.45, 2.75) is 39.7 Å². The molecule has 2 heterocycles. The highest BCUT2D eigenvalue weighted by atomic mass is 127. The average molecular weight is 462 g/mol. The van der Waals surface area contributed by atoms with E-state index in [1.165, 1.54) is 5.01 Å². The molecule has 2 N–H and O–H groups in total. The molecule has 0 radical (unpaired) electrons. The van der Waals surface area contributed by atoms with Crippen LogP contribution >= 0.6 is 35.3 Å². The van der Waals surface area contributed by atoms with Gasteiger partial charge in [0, 0.05) is 50.4 Å². The maximum absolute atomic E-state index is 4.60. The van der Waals surface area contributed by atoms with Crippen molar-refractivity contribution in [3.8, 4) is 0 Å². The molecule has 0 spiro atoms. The summed E-state index contributed by atoms with van der Waals surface area (Å²) in [6, 6.07) is 1.94. The fraction of sp³-hybridized carbons (Fsp3) is 0.562. The zero-order valence-corrected chi connectivity index (χ0v) is 17.5. The van der Waals surface area contributed by atoms with Gasteiger partial charge in [-0.05, 0) is 25.8 Å². The molecule has 0 fully saturated rings. The second kappa shape index (κ2) is 12.2. The second-order valence-corrected chi connectivity index (χ2v) is 6.09. The molecule has 0 aliphatic heterocycles. The molecule has 0 amide bonds. The van der Waals surface area contributed by atoms with Crippen molar-refractivity contribution in [2.24, 2.45) is 4.99 Å². The van der Waals surface area contributed by atoms with Crippen LogP contribution < -0.4 is 10.6 Å². The molecule has 0 aliphatic rings. The summed E-state index contributed by atoms with van der Waals surface area (Å²) in [4.78, 5) is 9.18. The lowest BCUT2D eigenvalue weighted by Gasteiger charge is -2.10. The van der Waals surface area contributed by atoms with Gasteiger partial charge in [0.2, 0.25) is 0 Å². The topological polar surface area (TPSA) is 67.1 Å². The van der Waals surface area contributed by atoms with Crippen LogP contribution in [0.2, 0.25) is 0 Å². The number of rotatable bonds is 9. The van der Waals surface area contributed by atoms with E-state index in [9.17, 15) is 0 Å². The van der Waals surface area contributed by atoms with Crippen LogP contribution in [-0.4, -0.2) is 40.4 Å². The Kier molecular flexibility index (Phi) is 10.6. The molecule has 8 heteroatoms. The highest BCUT2D eigenvalue weighted by Gasteiger charge is 2.01. The van der Waals surface area contributed by atoms with E-state index in [1.807, 2.05) is 16.9 Å². The normalized spacial score (nSPS) is 11.2. The number of thiazole rings is 1. The monoisotopic (exact) mass is 462 g/mol. The van der Waals surface area contributed by atoms with Gasteiger partial charge < -0.3 is 10.6 Å². The van der Waals surface area contributed by atoms with Gasteiger partial charge in [0.1, 0.15) is 0 Å². The number of hydrogen-bond donors (Lipinski definition) is 2. The zero-order chi connectivity index (χ0) is 16.3. The first-order valence-corrected chi connectivity index (χ1v) is 9.12. The summed E-state index contributed by atoms with van der Waals surface area (Å²) in [7, 11) is 0. The number of aromatic nitrogens is 3. The van der Waals surface area contributed by atoms with Gasteiger partial charge >= 0.3 is 0 Å². The maximum Gasteiger partial charge on any atom is 0.191 e. The van der Waals surface area contributed by atoms with Crippen molar-refractivity contribution < 1.29 is 0 Å². The van der Waals surface area contributed by atoms with Gasteiger partial charge in [-0.3, -0.25) is 9.67 Å². The molecular weight excluding hydrogens is 435 g/mol. The number of hydrogen-bond acceptors (Lipinski definition) is 4. The third kappa shape index (κ3) is 7.61. The smallest absolute Gasteiger partial charge is 0.191 e. The Balaban J connectivity index is 0.00000288. The molecule has 0 saturated heterocycles. The Morgan fingerprint density at radius 3 is 2.88 bits per heavy atom. The SMILES string of the molecule is CCNC(=NCCCn1cccn1)NCCc1csc(CC)n1.I. The lowest BCUT2D eigenvalue weighted by atomic mass is 10.3. The van der Waals surface area contributed by atoms with Gasteiger partial charge in [0.05, 0.1) is 10.7 Å². The number of halogens is 1. The number of aliphatic imine (C=N–C) groups is 1. The van der Waals surface area contributed by atoms with Gasteiger partial charge in [-0.15, -0.1) is 35.3 Å². The summed E-state index contributed by atoms with van der Waals surface area (Å²) in [5.74, 6) is 0.874. The molecule has 0 unspecified atom stereocenters. The lowest BCUT2D eigenvalue weighted by Crippen LogP contribution is -2.38. The molecule has 2 aromatic heterocycles. The van der Waals surface area contributed by atoms with E-state index in [0.717, 1.165) is 57.1 Å². The Morgan fingerprint density at radius 1 is 1.33 bits per heavy atom. The molecule has 6 nitrogen and oxygen atoms in total. The minimum absolute atomic E-state index is 0. The van der Waals surface area contributed by atoms with Gasteiger partial charge in [-0.1, -0.05) is 6.92 Å². The van der Waals surface area contributed by atoms with Crippen molar-refractivity contribution in [2.75, 3.05) is 19.6 Å². The van der Waals surface area contributed by atoms with Crippen LogP contribution in [0.5, 0.6) is 0 Å². The fourth-order valence-electron chi connectivity index (χ4n) is 2.13. The predicted octanol–water partition coefficient (Wildman–Crippen LogP) is 2.71. The fourth-order valence-corrected chi connectivity index (χ4v) is 2.91. The number of nitrogens with one attached hydrogen (secondary N) is 2. The van der Waals surface area contributed by atoms with Crippen molar-refractivity contribution in [3.05, 3.63) is 34.5 Å². The molecule has 0 bridgehead atoms. The summed E-state index contributed by atoms with van der Waals surface area (Å²) < 4.78 is 1.93. The van der Waals surface area contributed by atoms with E-state index in [0.29, 0.717) is 0 Å². The third-order valence-electron chi connectivity index (χ3n) is 3.29. The molecular formula is C16H27IN6S. The molecule has 0 atom stereocenters. The van der Waals surface area contributed by atoms with Gasteiger partial charge in [-0.2, -0.15) is 5.10 Å². The summed E-state index contributed by atoms with van der Waals surface area (Å²) >= 11 is 1.74. The van der Waals surface area contributed by atoms with Crippen LogP contribution in [0.1, 0.15) is 31.0 Å². The Bertz CT molecular complexity index is 581. The summed E-state index contributed by atoms with van der Waals surface area (Å²) in [5, 5.41) is 14.2. The predicted molar refractivity (Wildman–Crippen MR) is 111 cm³/mol. The van der Waals surface area contributed by atoms with Crippen LogP contribution in [0.25, 0.3) is 0 Å². The van der Waals surface area contributed by atoms with Gasteiger partial charge in [0.25, 0.3) is 0 Å². The van der Waals surface area contributed by atoms with E-state index < -0.39 is 0 Å². The maximum atomic E-state index is 4.60. The summed E-state index contributed by atoms with van der Waals surface area (Å²) in [6.07, 6.45) is 6.69. The Hall–Kier alpha value is -1.16. The van der Waals surface area contributed by atoms with E-state index in [-0.39, 0.29) is 24.0 Å². The quantitative estimate of drug-likeness (QED) is 0.260. The van der Waals surface area contributed by atoms with E-state index in [2.05, 4.69) is 44.9 Å². The first kappa shape index (κ1) is 20.9. The standard InChI is InChI=1S/C16H26N6S.HI/c1-3-15-21-14(13-23-15)7-10-19-16(17-4-2)18-8-5-11-22-12-6-9-20-22;/h6,9,12-13H,3-5,7-8,10-11H2,1-2H3,(H2,17,18,19);1H. The average Bonchev–Trinajstić information content (AvgIpc) is 3.23. The molecule has 2 aromatic rings. The van der Waals surface area contributed by atoms with E-state index in [1.54, 1.807) is 17.5 Å². The number of guanidine groups is 1. The molecule has 134 valence electrons. The minimum Gasteiger partial charge on any atom is -0.357 e. The second-order valence-electron chi connectivity index (χ2n) is 5.15. The summed E-state index contributed by atoms with van der Waals surface area (Å²) in [6.45, 7) is 7.61. The first-order chi connectivity index (χ1) is 11.3. The molecule has 0 aliphatic carbocycles. The Labute approximate surface area is 165 Å². The highest BCUT2D eigenvalue weighted by Crippen LogP contribution is 2.10. The van der Waals surface area contributed by atoms with Crippen molar-refractivity contribution in [1.82, 2.24) is 25.4 Å². The minimum atomic E-state index is 0. The molecule has 0 aromatic carbocycles. The van der Waals surface area contributed by atoms with E-state index >= 15 is 0 Å². The molecule has 0 saturated carbocycles. The zero-order valence-electron chi connectivity index (χ0n) is 14.4. The summed E-state index contributed by atoms with van der Waals surface area (Å²) in [5.41, 5.74) is 1.16. The van der Waals surface area contributed by atoms with Crippen LogP contribution in [-0.2, 0) is 19.4 Å². The van der Waals surface area contributed by atoms with Crippen molar-refractivity contribution >= 4 is 41.3 Å². The van der Waals surface area contributed by atoms with Gasteiger partial charge in [-0.25, -0.2) is 4.98 Å². The van der Waals surface area contributed by atoms with Crippen LogP contribution in [0.15, 0.2) is 28.8 Å². The van der Waals surface area contributed by atoms with Crippen molar-refractivity contribution in [1.29, 1.82) is 0 Å². The lowest BCUT2D eigenvalue weighted by molar-refractivity contribution is 0.584. The molecule has 2 rings (SSSR count). The van der Waals surface area contributed by atoms with Gasteiger partial charge in [0.15, 0.2) is 5.96 Å². The first-order valence-electron chi connectivity index (χ1n) is 8.24. The van der Waals surface area contributed by atoms with Crippen LogP contribution in [0.3, 0.4) is 0 Å². The number of nitrogens with zero attached hydrogens (tertiary/aromatic N) is 4. The van der Waals surface area contributed by atoms with Crippen LogP contribution in [0.4, 0.5) is 0 Å². The number of aryl methyl sites for hydroxylation is 2. The van der Waals surface area contributed by atoms with Crippen LogP contribution in [0, 0.1) is 0 Å². The van der Waals surface area contributed by atoms with Crippen molar-refractivity contribution in [3.63, 3.8) is 0 Å². The highest BCUT2D eigenvalue weighted by molar-refractivity contribution is 14.0. The van der Waals surface area contributed by atoms with E-state index in [4.69, 9.17) is 0 Å². The Morgan fingerprint density at radius 2 is 2.21 bits per heavy atom.